The molecule has 0 aliphatic heterocycles. The normalized spacial score (nSPS) is 11.2. The molecule has 19 heavy (non-hydrogen) atoms. The first-order valence-electron chi connectivity index (χ1n) is 5.56. The number of hydrogen-bond donors (Lipinski definition) is 2. The molecule has 1 aromatic carbocycles. The highest BCUT2D eigenvalue weighted by Gasteiger charge is 2.01. The van der Waals surface area contributed by atoms with Crippen LogP contribution in [0.1, 0.15) is 12.7 Å². The number of nitrogens with zero attached hydrogens (tertiary/aromatic N) is 1. The van der Waals surface area contributed by atoms with Gasteiger partial charge >= 0.3 is 0 Å². The molecule has 0 aliphatic rings. The van der Waals surface area contributed by atoms with E-state index in [4.69, 9.17) is 16.6 Å². The third-order valence-electron chi connectivity index (χ3n) is 2.29. The van der Waals surface area contributed by atoms with Crippen LogP contribution < -0.4 is 10.7 Å². The highest BCUT2D eigenvalue weighted by Crippen LogP contribution is 2.08. The number of thiocarbonyl (C=S) groups is 1. The van der Waals surface area contributed by atoms with Gasteiger partial charge in [0.15, 0.2) is 5.11 Å². The molecule has 2 rings (SSSR count). The topological polar surface area (TPSA) is 49.6 Å². The van der Waals surface area contributed by atoms with E-state index in [-0.39, 0.29) is 10.9 Å². The maximum absolute atomic E-state index is 13.0. The number of rotatable bonds is 3. The summed E-state index contributed by atoms with van der Waals surface area (Å²) in [6.45, 7) is 1.79. The molecule has 0 bridgehead atoms. The molecule has 98 valence electrons. The molecule has 0 spiro atoms. The molecule has 0 saturated heterocycles. The summed E-state index contributed by atoms with van der Waals surface area (Å²) in [5.74, 6) is 0.323. The van der Waals surface area contributed by atoms with Gasteiger partial charge in [0.25, 0.3) is 0 Å². The van der Waals surface area contributed by atoms with E-state index in [1.165, 1.54) is 12.1 Å². The maximum atomic E-state index is 13.0. The molecular formula is C13H12FN3OS. The molecule has 2 aromatic rings. The number of anilines is 1. The van der Waals surface area contributed by atoms with Crippen LogP contribution in [0.3, 0.4) is 0 Å². The largest absolute Gasteiger partial charge is 0.463 e. The molecule has 0 aliphatic carbocycles. The van der Waals surface area contributed by atoms with Gasteiger partial charge in [0.1, 0.15) is 17.3 Å². The summed E-state index contributed by atoms with van der Waals surface area (Å²) in [7, 11) is 0. The van der Waals surface area contributed by atoms with E-state index < -0.39 is 0 Å². The van der Waals surface area contributed by atoms with Gasteiger partial charge in [-0.15, -0.1) is 0 Å². The second kappa shape index (κ2) is 6.10. The van der Waals surface area contributed by atoms with E-state index in [0.717, 1.165) is 0 Å². The fourth-order valence-electron chi connectivity index (χ4n) is 1.40. The molecular weight excluding hydrogens is 265 g/mol. The van der Waals surface area contributed by atoms with Gasteiger partial charge in [0.05, 0.1) is 6.26 Å². The SMILES string of the molecule is CC(=NNC(=S)Nc1cccc(F)c1)c1ccco1. The van der Waals surface area contributed by atoms with Crippen LogP contribution in [0.2, 0.25) is 0 Å². The van der Waals surface area contributed by atoms with Crippen molar-refractivity contribution in [3.8, 4) is 0 Å². The van der Waals surface area contributed by atoms with Crippen LogP contribution in [0.4, 0.5) is 10.1 Å². The number of hydrogen-bond acceptors (Lipinski definition) is 3. The van der Waals surface area contributed by atoms with Gasteiger partial charge in [0.2, 0.25) is 0 Å². The van der Waals surface area contributed by atoms with Crippen LogP contribution in [-0.4, -0.2) is 10.8 Å². The van der Waals surface area contributed by atoms with E-state index in [9.17, 15) is 4.39 Å². The van der Waals surface area contributed by atoms with Crippen molar-refractivity contribution in [2.24, 2.45) is 5.10 Å². The average Bonchev–Trinajstić information content (AvgIpc) is 2.90. The van der Waals surface area contributed by atoms with Crippen LogP contribution in [0.15, 0.2) is 52.2 Å². The molecule has 4 nitrogen and oxygen atoms in total. The minimum Gasteiger partial charge on any atom is -0.463 e. The van der Waals surface area contributed by atoms with Gasteiger partial charge in [-0.3, -0.25) is 5.43 Å². The highest BCUT2D eigenvalue weighted by atomic mass is 32.1. The Morgan fingerprint density at radius 3 is 2.84 bits per heavy atom. The van der Waals surface area contributed by atoms with Crippen LogP contribution >= 0.6 is 12.2 Å². The molecule has 0 amide bonds. The van der Waals surface area contributed by atoms with Crippen molar-refractivity contribution in [2.45, 2.75) is 6.92 Å². The third kappa shape index (κ3) is 3.89. The monoisotopic (exact) mass is 277 g/mol. The summed E-state index contributed by atoms with van der Waals surface area (Å²) in [5, 5.41) is 7.16. The van der Waals surface area contributed by atoms with E-state index >= 15 is 0 Å². The van der Waals surface area contributed by atoms with Crippen molar-refractivity contribution in [1.29, 1.82) is 0 Å². The Labute approximate surface area is 115 Å². The number of furan rings is 1. The summed E-state index contributed by atoms with van der Waals surface area (Å²) in [6, 6.07) is 9.58. The van der Waals surface area contributed by atoms with E-state index in [1.54, 1.807) is 37.5 Å². The summed E-state index contributed by atoms with van der Waals surface area (Å²) < 4.78 is 18.2. The Morgan fingerprint density at radius 1 is 1.32 bits per heavy atom. The molecule has 0 atom stereocenters. The van der Waals surface area contributed by atoms with Gasteiger partial charge in [-0.05, 0) is 49.5 Å². The molecule has 0 saturated carbocycles. The van der Waals surface area contributed by atoms with Gasteiger partial charge < -0.3 is 9.73 Å². The smallest absolute Gasteiger partial charge is 0.191 e. The summed E-state index contributed by atoms with van der Waals surface area (Å²) in [6.07, 6.45) is 1.57. The fourth-order valence-corrected chi connectivity index (χ4v) is 1.56. The number of hydrazone groups is 1. The zero-order chi connectivity index (χ0) is 13.7. The van der Waals surface area contributed by atoms with Gasteiger partial charge in [0, 0.05) is 5.69 Å². The minimum atomic E-state index is -0.330. The first-order valence-corrected chi connectivity index (χ1v) is 5.97. The first-order chi connectivity index (χ1) is 9.15. The van der Waals surface area contributed by atoms with Crippen LogP contribution in [0.5, 0.6) is 0 Å². The van der Waals surface area contributed by atoms with Crippen molar-refractivity contribution < 1.29 is 8.81 Å². The summed E-state index contributed by atoms with van der Waals surface area (Å²) in [5.41, 5.74) is 3.88. The van der Waals surface area contributed by atoms with Crippen LogP contribution in [-0.2, 0) is 0 Å². The molecule has 0 fully saturated rings. The predicted molar refractivity (Wildman–Crippen MR) is 76.7 cm³/mol. The van der Waals surface area contributed by atoms with E-state index in [1.807, 2.05) is 0 Å². The lowest BCUT2D eigenvalue weighted by atomic mass is 10.3. The lowest BCUT2D eigenvalue weighted by molar-refractivity contribution is 0.556. The quantitative estimate of drug-likeness (QED) is 0.514. The summed E-state index contributed by atoms with van der Waals surface area (Å²) in [4.78, 5) is 0. The zero-order valence-electron chi connectivity index (χ0n) is 10.2. The van der Waals surface area contributed by atoms with Crippen LogP contribution in [0.25, 0.3) is 0 Å². The van der Waals surface area contributed by atoms with Gasteiger partial charge in [-0.1, -0.05) is 6.07 Å². The zero-order valence-corrected chi connectivity index (χ0v) is 11.0. The highest BCUT2D eigenvalue weighted by molar-refractivity contribution is 7.80. The fraction of sp³-hybridized carbons (Fsp3) is 0.0769. The van der Waals surface area contributed by atoms with Crippen molar-refractivity contribution >= 4 is 28.7 Å². The molecule has 6 heteroatoms. The van der Waals surface area contributed by atoms with Gasteiger partial charge in [-0.2, -0.15) is 5.10 Å². The minimum absolute atomic E-state index is 0.275. The predicted octanol–water partition coefficient (Wildman–Crippen LogP) is 3.13. The molecule has 1 aromatic heterocycles. The molecule has 0 radical (unpaired) electrons. The summed E-state index contributed by atoms with van der Waals surface area (Å²) >= 11 is 5.04. The number of nitrogens with one attached hydrogen (secondary N) is 2. The van der Waals surface area contributed by atoms with Crippen molar-refractivity contribution in [2.75, 3.05) is 5.32 Å². The van der Waals surface area contributed by atoms with Crippen LogP contribution in [0, 0.1) is 5.82 Å². The number of benzene rings is 1. The molecule has 2 N–H and O–H groups in total. The molecule has 1 heterocycles. The standard InChI is InChI=1S/C13H12FN3OS/c1-9(12-6-3-7-18-12)16-17-13(19)15-11-5-2-4-10(14)8-11/h2-8H,1H3,(H2,15,17,19). The Balaban J connectivity index is 1.93. The lowest BCUT2D eigenvalue weighted by Crippen LogP contribution is -2.24. The van der Waals surface area contributed by atoms with Crippen molar-refractivity contribution in [3.05, 3.63) is 54.2 Å². The Kier molecular flexibility index (Phi) is 4.25. The number of halogens is 1. The Hall–Kier alpha value is -2.21. The van der Waals surface area contributed by atoms with Crippen molar-refractivity contribution in [1.82, 2.24) is 5.43 Å². The van der Waals surface area contributed by atoms with Gasteiger partial charge in [-0.25, -0.2) is 4.39 Å². The maximum Gasteiger partial charge on any atom is 0.191 e. The Morgan fingerprint density at radius 2 is 2.16 bits per heavy atom. The average molecular weight is 277 g/mol. The second-order valence-electron chi connectivity index (χ2n) is 3.75. The van der Waals surface area contributed by atoms with E-state index in [0.29, 0.717) is 17.2 Å². The molecule has 0 unspecified atom stereocenters. The Bertz CT molecular complexity index is 596. The third-order valence-corrected chi connectivity index (χ3v) is 2.48. The second-order valence-corrected chi connectivity index (χ2v) is 4.16. The van der Waals surface area contributed by atoms with E-state index in [2.05, 4.69) is 15.8 Å². The van der Waals surface area contributed by atoms with Crippen molar-refractivity contribution in [3.63, 3.8) is 0 Å². The first kappa shape index (κ1) is 13.2. The lowest BCUT2D eigenvalue weighted by Gasteiger charge is -2.07.